The third-order valence-corrected chi connectivity index (χ3v) is 5.82. The number of hydrogen-bond acceptors (Lipinski definition) is 4. The zero-order valence-electron chi connectivity index (χ0n) is 13.7. The summed E-state index contributed by atoms with van der Waals surface area (Å²) >= 11 is 1.32. The molecule has 0 spiro atoms. The van der Waals surface area contributed by atoms with Gasteiger partial charge in [0, 0.05) is 16.7 Å². The number of hydrogen-bond donors (Lipinski definition) is 3. The Hall–Kier alpha value is -2.67. The van der Waals surface area contributed by atoms with Crippen LogP contribution in [0.2, 0.25) is 0 Å². The summed E-state index contributed by atoms with van der Waals surface area (Å²) in [6.45, 7) is 1.91. The highest BCUT2D eigenvalue weighted by Gasteiger charge is 2.46. The number of benzene rings is 1. The van der Waals surface area contributed by atoms with Gasteiger partial charge in [0.1, 0.15) is 5.82 Å². The van der Waals surface area contributed by atoms with Crippen molar-refractivity contribution in [1.29, 1.82) is 0 Å². The zero-order chi connectivity index (χ0) is 17.6. The van der Waals surface area contributed by atoms with Crippen LogP contribution in [0, 0.1) is 5.92 Å². The normalized spacial score (nSPS) is 20.4. The highest BCUT2D eigenvalue weighted by Crippen LogP contribution is 2.47. The minimum absolute atomic E-state index is 0.0204. The van der Waals surface area contributed by atoms with E-state index in [0.29, 0.717) is 4.88 Å². The smallest absolute Gasteiger partial charge is 0.258 e. The maximum atomic E-state index is 12.5. The van der Waals surface area contributed by atoms with Crippen molar-refractivity contribution < 1.29 is 9.59 Å². The zero-order valence-corrected chi connectivity index (χ0v) is 14.5. The maximum Gasteiger partial charge on any atom is 0.258 e. The molecule has 2 amide bonds. The van der Waals surface area contributed by atoms with Gasteiger partial charge in [-0.2, -0.15) is 0 Å². The number of thiophene rings is 1. The molecule has 4 rings (SSSR count). The fraction of sp³-hybridized carbons (Fsp3) is 0.278. The predicted octanol–water partition coefficient (Wildman–Crippen LogP) is 2.70. The second kappa shape index (κ2) is 6.00. The number of carbonyl (C=O) groups is 2. The van der Waals surface area contributed by atoms with Crippen molar-refractivity contribution >= 4 is 34.2 Å². The Morgan fingerprint density at radius 2 is 2.12 bits per heavy atom. The summed E-state index contributed by atoms with van der Waals surface area (Å²) in [7, 11) is 0. The lowest BCUT2D eigenvalue weighted by Gasteiger charge is -2.11. The second-order valence-corrected chi connectivity index (χ2v) is 7.50. The molecule has 1 aliphatic carbocycles. The van der Waals surface area contributed by atoms with E-state index in [1.165, 1.54) is 11.3 Å². The summed E-state index contributed by atoms with van der Waals surface area (Å²) in [5, 5.41) is 3.02. The van der Waals surface area contributed by atoms with E-state index in [9.17, 15) is 9.59 Å². The number of fused-ring (bicyclic) bond motifs is 1. The van der Waals surface area contributed by atoms with Crippen LogP contribution in [0.4, 0.5) is 0 Å². The SMILES string of the molecule is CC(NC(=O)[C@@H]1C[C@H]1c1nc2ccccc2[nH]1)c1ccc(C(N)=O)s1. The number of nitrogens with one attached hydrogen (secondary N) is 2. The number of rotatable bonds is 5. The summed E-state index contributed by atoms with van der Waals surface area (Å²) in [4.78, 5) is 33.0. The number of nitrogens with zero attached hydrogens (tertiary/aromatic N) is 1. The number of aromatic amines is 1. The van der Waals surface area contributed by atoms with Crippen LogP contribution in [0.5, 0.6) is 0 Å². The Labute approximate surface area is 148 Å². The van der Waals surface area contributed by atoms with E-state index in [1.807, 2.05) is 37.3 Å². The molecule has 1 aliphatic rings. The molecule has 1 saturated carbocycles. The van der Waals surface area contributed by atoms with Crippen LogP contribution in [-0.4, -0.2) is 21.8 Å². The number of para-hydroxylation sites is 2. The Kier molecular flexibility index (Phi) is 3.80. The van der Waals surface area contributed by atoms with E-state index in [-0.39, 0.29) is 23.8 Å². The van der Waals surface area contributed by atoms with E-state index in [0.717, 1.165) is 28.2 Å². The average molecular weight is 354 g/mol. The molecule has 128 valence electrons. The quantitative estimate of drug-likeness (QED) is 0.656. The Balaban J connectivity index is 1.41. The van der Waals surface area contributed by atoms with Crippen LogP contribution < -0.4 is 11.1 Å². The number of nitrogens with two attached hydrogens (primary N) is 1. The van der Waals surface area contributed by atoms with Crippen molar-refractivity contribution in [2.75, 3.05) is 0 Å². The van der Waals surface area contributed by atoms with Crippen LogP contribution in [-0.2, 0) is 4.79 Å². The van der Waals surface area contributed by atoms with E-state index in [4.69, 9.17) is 5.73 Å². The number of aromatic nitrogens is 2. The van der Waals surface area contributed by atoms with E-state index < -0.39 is 5.91 Å². The number of imidazole rings is 1. The number of primary amides is 1. The molecule has 7 heteroatoms. The summed E-state index contributed by atoms with van der Waals surface area (Å²) in [5.41, 5.74) is 7.20. The molecule has 1 unspecified atom stereocenters. The van der Waals surface area contributed by atoms with Gasteiger partial charge in [0.25, 0.3) is 5.91 Å². The van der Waals surface area contributed by atoms with Crippen molar-refractivity contribution in [3.8, 4) is 0 Å². The van der Waals surface area contributed by atoms with E-state index in [1.54, 1.807) is 6.07 Å². The van der Waals surface area contributed by atoms with Crippen molar-refractivity contribution in [3.05, 3.63) is 52.0 Å². The Bertz CT molecular complexity index is 928. The second-order valence-electron chi connectivity index (χ2n) is 6.38. The molecule has 1 aromatic carbocycles. The van der Waals surface area contributed by atoms with Gasteiger partial charge in [0.05, 0.1) is 22.0 Å². The lowest BCUT2D eigenvalue weighted by molar-refractivity contribution is -0.123. The number of amides is 2. The van der Waals surface area contributed by atoms with Crippen molar-refractivity contribution in [2.45, 2.75) is 25.3 Å². The lowest BCUT2D eigenvalue weighted by Crippen LogP contribution is -2.28. The Morgan fingerprint density at radius 3 is 2.84 bits per heavy atom. The first kappa shape index (κ1) is 15.8. The molecule has 0 saturated heterocycles. The molecule has 0 radical (unpaired) electrons. The van der Waals surface area contributed by atoms with E-state index >= 15 is 0 Å². The average Bonchev–Trinajstić information content (AvgIpc) is 3.05. The molecular weight excluding hydrogens is 336 g/mol. The summed E-state index contributed by atoms with van der Waals surface area (Å²) < 4.78 is 0. The summed E-state index contributed by atoms with van der Waals surface area (Å²) in [6, 6.07) is 11.2. The van der Waals surface area contributed by atoms with Gasteiger partial charge in [0.2, 0.25) is 5.91 Å². The predicted molar refractivity (Wildman–Crippen MR) is 96.3 cm³/mol. The van der Waals surface area contributed by atoms with Crippen LogP contribution in [0.1, 0.15) is 45.7 Å². The molecule has 1 fully saturated rings. The van der Waals surface area contributed by atoms with Gasteiger partial charge < -0.3 is 16.0 Å². The highest BCUT2D eigenvalue weighted by atomic mass is 32.1. The third kappa shape index (κ3) is 3.02. The lowest BCUT2D eigenvalue weighted by atomic mass is 10.2. The van der Waals surface area contributed by atoms with Crippen molar-refractivity contribution in [2.24, 2.45) is 11.7 Å². The van der Waals surface area contributed by atoms with Crippen molar-refractivity contribution in [3.63, 3.8) is 0 Å². The molecule has 2 aromatic heterocycles. The fourth-order valence-corrected chi connectivity index (χ4v) is 3.91. The van der Waals surface area contributed by atoms with Gasteiger partial charge in [-0.25, -0.2) is 4.98 Å². The monoisotopic (exact) mass is 354 g/mol. The molecular formula is C18H18N4O2S. The standard InChI is InChI=1S/C18H18N4O2S/c1-9(14-6-7-15(25-14)16(19)23)20-18(24)11-8-10(11)17-21-12-4-2-3-5-13(12)22-17/h2-7,9-11H,8H2,1H3,(H2,19,23)(H,20,24)(H,21,22)/t9?,10-,11-/m1/s1. The van der Waals surface area contributed by atoms with Gasteiger partial charge in [-0.05, 0) is 37.6 Å². The van der Waals surface area contributed by atoms with Gasteiger partial charge in [0.15, 0.2) is 0 Å². The molecule has 0 aliphatic heterocycles. The third-order valence-electron chi connectivity index (χ3n) is 4.54. The molecule has 3 atom stereocenters. The Morgan fingerprint density at radius 1 is 1.32 bits per heavy atom. The molecule has 3 aromatic rings. The maximum absolute atomic E-state index is 12.5. The van der Waals surface area contributed by atoms with Crippen LogP contribution in [0.15, 0.2) is 36.4 Å². The molecule has 4 N–H and O–H groups in total. The van der Waals surface area contributed by atoms with Gasteiger partial charge in [-0.15, -0.1) is 11.3 Å². The minimum Gasteiger partial charge on any atom is -0.365 e. The minimum atomic E-state index is -0.443. The first-order chi connectivity index (χ1) is 12.0. The number of carbonyl (C=O) groups excluding carboxylic acids is 2. The molecule has 0 bridgehead atoms. The first-order valence-electron chi connectivity index (χ1n) is 8.17. The van der Waals surface area contributed by atoms with Crippen molar-refractivity contribution in [1.82, 2.24) is 15.3 Å². The van der Waals surface area contributed by atoms with Gasteiger partial charge in [-0.3, -0.25) is 9.59 Å². The fourth-order valence-electron chi connectivity index (χ4n) is 3.04. The largest absolute Gasteiger partial charge is 0.365 e. The highest BCUT2D eigenvalue weighted by molar-refractivity contribution is 7.14. The summed E-state index contributed by atoms with van der Waals surface area (Å²) in [6.07, 6.45) is 0.801. The summed E-state index contributed by atoms with van der Waals surface area (Å²) in [5.74, 6) is 0.540. The van der Waals surface area contributed by atoms with Gasteiger partial charge in [-0.1, -0.05) is 12.1 Å². The van der Waals surface area contributed by atoms with Gasteiger partial charge >= 0.3 is 0 Å². The molecule has 25 heavy (non-hydrogen) atoms. The van der Waals surface area contributed by atoms with Crippen LogP contribution in [0.3, 0.4) is 0 Å². The molecule has 2 heterocycles. The molecule has 6 nitrogen and oxygen atoms in total. The first-order valence-corrected chi connectivity index (χ1v) is 8.99. The van der Waals surface area contributed by atoms with E-state index in [2.05, 4.69) is 15.3 Å². The van der Waals surface area contributed by atoms with Crippen LogP contribution in [0.25, 0.3) is 11.0 Å². The topological polar surface area (TPSA) is 101 Å². The number of H-pyrrole nitrogens is 1. The van der Waals surface area contributed by atoms with Crippen LogP contribution >= 0.6 is 11.3 Å².